The molecule has 2 aliphatic carbocycles. The lowest BCUT2D eigenvalue weighted by Crippen LogP contribution is -2.49. The van der Waals surface area contributed by atoms with Crippen molar-refractivity contribution in [2.45, 2.75) is 63.0 Å². The number of hydrogen-bond donors (Lipinski definition) is 1. The van der Waals surface area contributed by atoms with Crippen molar-refractivity contribution >= 4 is 51.7 Å². The van der Waals surface area contributed by atoms with Crippen molar-refractivity contribution in [2.24, 2.45) is 11.3 Å². The Labute approximate surface area is 229 Å². The summed E-state index contributed by atoms with van der Waals surface area (Å²) < 4.78 is 0.796. The van der Waals surface area contributed by atoms with Crippen LogP contribution in [0.3, 0.4) is 0 Å². The number of carbonyl (C=O) groups is 3. The van der Waals surface area contributed by atoms with Gasteiger partial charge in [-0.2, -0.15) is 5.10 Å². The first kappa shape index (κ1) is 25.2. The number of rotatable bonds is 7. The maximum Gasteiger partial charge on any atom is 0.245 e. The molecule has 2 amide bonds. The molecule has 3 heterocycles. The lowest BCUT2D eigenvalue weighted by molar-refractivity contribution is -0.140. The highest BCUT2D eigenvalue weighted by Gasteiger charge is 2.64. The van der Waals surface area contributed by atoms with Crippen molar-refractivity contribution in [1.29, 1.82) is 0 Å². The molecule has 1 saturated heterocycles. The van der Waals surface area contributed by atoms with Gasteiger partial charge in [0.2, 0.25) is 11.8 Å². The molecule has 2 aromatic heterocycles. The molecular weight excluding hydrogens is 527 g/mol. The van der Waals surface area contributed by atoms with E-state index >= 15 is 0 Å². The number of Topliss-reactive ketones (excluding diaryl/α,β-unsaturated/α-hetero) is 1. The van der Waals surface area contributed by atoms with Crippen LogP contribution >= 0.6 is 23.2 Å². The molecular formula is C27H28Cl2N6O3. The molecule has 3 fully saturated rings. The van der Waals surface area contributed by atoms with Crippen LogP contribution in [-0.2, 0) is 16.1 Å². The third-order valence-corrected chi connectivity index (χ3v) is 9.11. The van der Waals surface area contributed by atoms with Crippen LogP contribution in [0.1, 0.15) is 49.4 Å². The summed E-state index contributed by atoms with van der Waals surface area (Å²) in [5, 5.41) is 8.12. The maximum atomic E-state index is 13.6. The summed E-state index contributed by atoms with van der Waals surface area (Å²) >= 11 is 12.2. The van der Waals surface area contributed by atoms with Gasteiger partial charge in [-0.1, -0.05) is 13.0 Å². The molecule has 6 rings (SSSR count). The van der Waals surface area contributed by atoms with Crippen molar-refractivity contribution < 1.29 is 14.4 Å². The van der Waals surface area contributed by atoms with Crippen LogP contribution in [0.15, 0.2) is 30.6 Å². The lowest BCUT2D eigenvalue weighted by atomic mass is 10.0. The summed E-state index contributed by atoms with van der Waals surface area (Å²) in [6.45, 7) is 5.72. The molecule has 1 unspecified atom stereocenters. The minimum absolute atomic E-state index is 0.0223. The Kier molecular flexibility index (Phi) is 5.81. The van der Waals surface area contributed by atoms with E-state index in [2.05, 4.69) is 27.3 Å². The number of ketones is 1. The van der Waals surface area contributed by atoms with E-state index in [9.17, 15) is 14.4 Å². The van der Waals surface area contributed by atoms with E-state index in [1.54, 1.807) is 22.0 Å². The Morgan fingerprint density at radius 3 is 2.47 bits per heavy atom. The Morgan fingerprint density at radius 1 is 1.11 bits per heavy atom. The van der Waals surface area contributed by atoms with E-state index in [0.717, 1.165) is 17.5 Å². The van der Waals surface area contributed by atoms with Crippen LogP contribution in [0, 0.1) is 18.3 Å². The number of halogens is 2. The number of likely N-dealkylation sites (tertiary alicyclic amines) is 1. The Balaban J connectivity index is 1.25. The molecule has 9 nitrogen and oxygen atoms in total. The lowest BCUT2D eigenvalue weighted by Gasteiger charge is -2.27. The average molecular weight is 555 g/mol. The van der Waals surface area contributed by atoms with Crippen LogP contribution in [0.25, 0.3) is 22.0 Å². The summed E-state index contributed by atoms with van der Waals surface area (Å²) in [5.74, 6) is 0.138. The largest absolute Gasteiger partial charge is 0.354 e. The highest BCUT2D eigenvalue weighted by Crippen LogP contribution is 2.59. The Morgan fingerprint density at radius 2 is 1.82 bits per heavy atom. The van der Waals surface area contributed by atoms with Crippen molar-refractivity contribution in [3.05, 3.63) is 42.1 Å². The highest BCUT2D eigenvalue weighted by molar-refractivity contribution is 6.50. The number of alkyl halides is 2. The second-order valence-electron chi connectivity index (χ2n) is 11.1. The first-order chi connectivity index (χ1) is 18.0. The summed E-state index contributed by atoms with van der Waals surface area (Å²) in [4.78, 5) is 49.4. The predicted molar refractivity (Wildman–Crippen MR) is 143 cm³/mol. The molecule has 11 heteroatoms. The number of piperidine rings is 1. The van der Waals surface area contributed by atoms with Gasteiger partial charge >= 0.3 is 0 Å². The molecule has 3 aromatic rings. The second kappa shape index (κ2) is 8.74. The molecule has 4 atom stereocenters. The minimum atomic E-state index is -0.769. The molecule has 38 heavy (non-hydrogen) atoms. The zero-order chi connectivity index (χ0) is 27.0. The number of benzene rings is 1. The third-order valence-electron chi connectivity index (χ3n) is 8.19. The van der Waals surface area contributed by atoms with Crippen LogP contribution in [-0.4, -0.2) is 65.2 Å². The number of carbonyl (C=O) groups excluding carboxylic acids is 3. The van der Waals surface area contributed by atoms with E-state index in [4.69, 9.17) is 23.2 Å². The number of fused-ring (bicyclic) bond motifs is 2. The van der Waals surface area contributed by atoms with Crippen molar-refractivity contribution in [2.75, 3.05) is 6.54 Å². The minimum Gasteiger partial charge on any atom is -0.354 e. The number of nitrogens with zero attached hydrogens (tertiary/aromatic N) is 5. The van der Waals surface area contributed by atoms with Gasteiger partial charge in [-0.15, -0.1) is 23.2 Å². The molecule has 198 valence electrons. The number of aryl methyl sites for hydroxylation is 1. The van der Waals surface area contributed by atoms with Crippen LogP contribution < -0.4 is 5.32 Å². The van der Waals surface area contributed by atoms with Gasteiger partial charge in [0.15, 0.2) is 5.78 Å². The summed E-state index contributed by atoms with van der Waals surface area (Å²) in [6.07, 6.45) is 5.61. The van der Waals surface area contributed by atoms with Gasteiger partial charge in [0.05, 0.1) is 5.52 Å². The molecule has 0 radical (unpaired) electrons. The predicted octanol–water partition coefficient (Wildman–Crippen LogP) is 3.69. The number of amides is 2. The van der Waals surface area contributed by atoms with E-state index < -0.39 is 10.4 Å². The summed E-state index contributed by atoms with van der Waals surface area (Å²) in [5.41, 5.74) is 2.59. The van der Waals surface area contributed by atoms with E-state index in [0.29, 0.717) is 41.8 Å². The molecule has 0 bridgehead atoms. The monoisotopic (exact) mass is 554 g/mol. The zero-order valence-corrected chi connectivity index (χ0v) is 22.9. The Bertz CT molecular complexity index is 1490. The average Bonchev–Trinajstić information content (AvgIpc) is 3.60. The van der Waals surface area contributed by atoms with Crippen molar-refractivity contribution in [3.63, 3.8) is 0 Å². The van der Waals surface area contributed by atoms with Gasteiger partial charge < -0.3 is 10.2 Å². The van der Waals surface area contributed by atoms with Crippen molar-refractivity contribution in [3.8, 4) is 11.1 Å². The third kappa shape index (κ3) is 4.35. The molecule has 1 aromatic carbocycles. The smallest absolute Gasteiger partial charge is 0.245 e. The first-order valence-corrected chi connectivity index (χ1v) is 13.5. The number of hydrogen-bond acceptors (Lipinski definition) is 6. The van der Waals surface area contributed by atoms with Crippen LogP contribution in [0.2, 0.25) is 0 Å². The SMILES string of the molecule is CC(=O)c1nn(CC(=O)N2C3C[C@]3(C)C[C@H]2C(=O)NC[C@H]2CC2(Cl)Cl)c2ccc(-c3cnc(C)nc3)cc12. The van der Waals surface area contributed by atoms with E-state index in [1.807, 2.05) is 25.1 Å². The van der Waals surface area contributed by atoms with Gasteiger partial charge in [-0.25, -0.2) is 9.97 Å². The van der Waals surface area contributed by atoms with E-state index in [-0.39, 0.29) is 41.5 Å². The fourth-order valence-electron chi connectivity index (χ4n) is 5.68. The standard InChI is InChI=1S/C27H28Cl2N6O3/c1-14(36)24-19-6-16(17-10-30-15(2)31-11-17)4-5-20(19)34(33-24)13-23(37)35-21(8-26(3)9-22(26)35)25(38)32-12-18-7-27(18,28)29/h4-6,10-11,18,21-22H,7-9,12-13H2,1-3H3,(H,32,38)/t18-,21+,22?,26+/m1/s1. The number of nitrogens with one attached hydrogen (secondary N) is 1. The number of aromatic nitrogens is 4. The summed E-state index contributed by atoms with van der Waals surface area (Å²) in [7, 11) is 0. The molecule has 2 saturated carbocycles. The molecule has 1 N–H and O–H groups in total. The fraction of sp³-hybridized carbons (Fsp3) is 0.481. The van der Waals surface area contributed by atoms with Gasteiger partial charge in [0.25, 0.3) is 0 Å². The van der Waals surface area contributed by atoms with Gasteiger partial charge in [0, 0.05) is 48.8 Å². The zero-order valence-electron chi connectivity index (χ0n) is 21.4. The van der Waals surface area contributed by atoms with E-state index in [1.165, 1.54) is 6.92 Å². The second-order valence-corrected chi connectivity index (χ2v) is 12.7. The molecule has 1 aliphatic heterocycles. The van der Waals surface area contributed by atoms with Crippen molar-refractivity contribution in [1.82, 2.24) is 30.0 Å². The molecule has 0 spiro atoms. The normalized spacial score (nSPS) is 26.8. The Hall–Kier alpha value is -3.04. The van der Waals surface area contributed by atoms with Gasteiger partial charge in [0.1, 0.15) is 28.4 Å². The fourth-order valence-corrected chi connectivity index (χ4v) is 6.21. The highest BCUT2D eigenvalue weighted by atomic mass is 35.5. The summed E-state index contributed by atoms with van der Waals surface area (Å²) in [6, 6.07) is 5.11. The maximum absolute atomic E-state index is 13.6. The molecule has 3 aliphatic rings. The first-order valence-electron chi connectivity index (χ1n) is 12.7. The topological polar surface area (TPSA) is 110 Å². The van der Waals surface area contributed by atoms with Gasteiger partial charge in [-0.05, 0) is 49.3 Å². The van der Waals surface area contributed by atoms with Gasteiger partial charge in [-0.3, -0.25) is 19.1 Å². The quantitative estimate of drug-likeness (QED) is 0.352. The van der Waals surface area contributed by atoms with Crippen LogP contribution in [0.5, 0.6) is 0 Å². The van der Waals surface area contributed by atoms with Crippen LogP contribution in [0.4, 0.5) is 0 Å².